The second kappa shape index (κ2) is 8.72. The van der Waals surface area contributed by atoms with Gasteiger partial charge in [-0.2, -0.15) is 0 Å². The Balaban J connectivity index is 2.56. The molecule has 0 saturated heterocycles. The summed E-state index contributed by atoms with van der Waals surface area (Å²) in [5, 5.41) is 2.69. The highest BCUT2D eigenvalue weighted by molar-refractivity contribution is 5.81. The summed E-state index contributed by atoms with van der Waals surface area (Å²) in [5.41, 5.74) is -1.16. The first-order chi connectivity index (χ1) is 11.0. The molecule has 0 aromatic carbocycles. The van der Waals surface area contributed by atoms with Crippen LogP contribution in [0.15, 0.2) is 0 Å². The van der Waals surface area contributed by atoms with E-state index in [0.717, 1.165) is 18.8 Å². The van der Waals surface area contributed by atoms with Crippen LogP contribution in [0.3, 0.4) is 0 Å². The van der Waals surface area contributed by atoms with Crippen LogP contribution in [0.25, 0.3) is 0 Å². The number of nitrogens with one attached hydrogen (secondary N) is 1. The monoisotopic (exact) mass is 341 g/mol. The third kappa shape index (κ3) is 9.14. The SMILES string of the molecule is CC(C)(C)OC(=O)NC(CCCC1CCCC1)C(=O)OC(C)(C)C. The average Bonchev–Trinajstić information content (AvgIpc) is 2.86. The van der Waals surface area contributed by atoms with Crippen molar-refractivity contribution in [2.24, 2.45) is 5.92 Å². The van der Waals surface area contributed by atoms with Crippen molar-refractivity contribution in [3.05, 3.63) is 0 Å². The van der Waals surface area contributed by atoms with Gasteiger partial charge in [0.2, 0.25) is 0 Å². The molecule has 24 heavy (non-hydrogen) atoms. The van der Waals surface area contributed by atoms with E-state index in [1.54, 1.807) is 20.8 Å². The fraction of sp³-hybridized carbons (Fsp3) is 0.895. The smallest absolute Gasteiger partial charge is 0.408 e. The van der Waals surface area contributed by atoms with Gasteiger partial charge in [-0.3, -0.25) is 0 Å². The van der Waals surface area contributed by atoms with Gasteiger partial charge < -0.3 is 14.8 Å². The Bertz CT molecular complexity index is 414. The standard InChI is InChI=1S/C19H35NO4/c1-18(2,3)23-16(21)15(20-17(22)24-19(4,5)6)13-9-12-14-10-7-8-11-14/h14-15H,7-13H2,1-6H3,(H,20,22). The molecule has 1 amide bonds. The van der Waals surface area contributed by atoms with E-state index in [-0.39, 0.29) is 5.97 Å². The lowest BCUT2D eigenvalue weighted by Crippen LogP contribution is -2.46. The van der Waals surface area contributed by atoms with Crippen molar-refractivity contribution in [2.75, 3.05) is 0 Å². The predicted octanol–water partition coefficient (Wildman–Crippen LogP) is 4.58. The number of esters is 1. The highest BCUT2D eigenvalue weighted by Gasteiger charge is 2.28. The maximum Gasteiger partial charge on any atom is 0.408 e. The number of carbonyl (C=O) groups is 2. The minimum Gasteiger partial charge on any atom is -0.458 e. The summed E-state index contributed by atoms with van der Waals surface area (Å²) in [6.07, 6.45) is 7.24. The van der Waals surface area contributed by atoms with Gasteiger partial charge in [-0.05, 0) is 53.9 Å². The van der Waals surface area contributed by atoms with Gasteiger partial charge in [-0.1, -0.05) is 38.5 Å². The van der Waals surface area contributed by atoms with Gasteiger partial charge in [-0.25, -0.2) is 9.59 Å². The van der Waals surface area contributed by atoms with Crippen molar-refractivity contribution >= 4 is 12.1 Å². The molecule has 5 nitrogen and oxygen atoms in total. The number of amides is 1. The van der Waals surface area contributed by atoms with Crippen LogP contribution in [0.5, 0.6) is 0 Å². The van der Waals surface area contributed by atoms with E-state index in [4.69, 9.17) is 9.47 Å². The predicted molar refractivity (Wildman–Crippen MR) is 94.8 cm³/mol. The lowest BCUT2D eigenvalue weighted by atomic mass is 9.98. The molecule has 1 rings (SSSR count). The van der Waals surface area contributed by atoms with Gasteiger partial charge in [0.1, 0.15) is 17.2 Å². The van der Waals surface area contributed by atoms with Crippen LogP contribution in [-0.2, 0) is 14.3 Å². The van der Waals surface area contributed by atoms with E-state index in [9.17, 15) is 9.59 Å². The summed E-state index contributed by atoms with van der Waals surface area (Å²) in [6, 6.07) is -0.652. The van der Waals surface area contributed by atoms with Gasteiger partial charge in [0, 0.05) is 0 Å². The summed E-state index contributed by atoms with van der Waals surface area (Å²) in [4.78, 5) is 24.4. The molecular weight excluding hydrogens is 306 g/mol. The zero-order valence-electron chi connectivity index (χ0n) is 16.2. The number of alkyl carbamates (subject to hydrolysis) is 1. The zero-order chi connectivity index (χ0) is 18.4. The number of hydrogen-bond acceptors (Lipinski definition) is 4. The molecular formula is C19H35NO4. The number of rotatable bonds is 6. The molecule has 1 atom stereocenters. The molecule has 1 unspecified atom stereocenters. The van der Waals surface area contributed by atoms with Gasteiger partial charge in [-0.15, -0.1) is 0 Å². The quantitative estimate of drug-likeness (QED) is 0.718. The lowest BCUT2D eigenvalue weighted by molar-refractivity contribution is -0.157. The maximum atomic E-state index is 12.4. The molecule has 0 aliphatic heterocycles. The second-order valence-corrected chi connectivity index (χ2v) is 8.81. The van der Waals surface area contributed by atoms with Crippen LogP contribution in [0.1, 0.15) is 86.5 Å². The third-order valence-corrected chi connectivity index (χ3v) is 3.96. The first kappa shape index (κ1) is 20.8. The van der Waals surface area contributed by atoms with Gasteiger partial charge in [0.05, 0.1) is 0 Å². The topological polar surface area (TPSA) is 64.6 Å². The zero-order valence-corrected chi connectivity index (χ0v) is 16.2. The minimum atomic E-state index is -0.652. The minimum absolute atomic E-state index is 0.389. The van der Waals surface area contributed by atoms with Crippen LogP contribution in [-0.4, -0.2) is 29.3 Å². The number of ether oxygens (including phenoxy) is 2. The Morgan fingerprint density at radius 3 is 2.04 bits per heavy atom. The van der Waals surface area contributed by atoms with E-state index in [1.807, 2.05) is 20.8 Å². The van der Waals surface area contributed by atoms with Crippen LogP contribution < -0.4 is 5.32 Å². The number of hydrogen-bond donors (Lipinski definition) is 1. The molecule has 1 fully saturated rings. The molecule has 0 aromatic rings. The highest BCUT2D eigenvalue weighted by atomic mass is 16.6. The third-order valence-electron chi connectivity index (χ3n) is 3.96. The van der Waals surface area contributed by atoms with Crippen molar-refractivity contribution in [1.82, 2.24) is 5.32 Å². The normalized spacial score (nSPS) is 17.4. The maximum absolute atomic E-state index is 12.4. The van der Waals surface area contributed by atoms with Gasteiger partial charge >= 0.3 is 12.1 Å². The summed E-state index contributed by atoms with van der Waals surface area (Å²) in [7, 11) is 0. The summed E-state index contributed by atoms with van der Waals surface area (Å²) in [5.74, 6) is 0.380. The fourth-order valence-electron chi connectivity index (χ4n) is 2.98. The lowest BCUT2D eigenvalue weighted by Gasteiger charge is -2.26. The highest BCUT2D eigenvalue weighted by Crippen LogP contribution is 2.29. The second-order valence-electron chi connectivity index (χ2n) is 8.81. The summed E-state index contributed by atoms with van der Waals surface area (Å²) < 4.78 is 10.7. The van der Waals surface area contributed by atoms with Crippen LogP contribution in [0.4, 0.5) is 4.79 Å². The molecule has 0 bridgehead atoms. The van der Waals surface area contributed by atoms with Crippen molar-refractivity contribution in [1.29, 1.82) is 0 Å². The van der Waals surface area contributed by atoms with Gasteiger partial charge in [0.25, 0.3) is 0 Å². The molecule has 1 aliphatic carbocycles. The number of carbonyl (C=O) groups excluding carboxylic acids is 2. The first-order valence-electron chi connectivity index (χ1n) is 9.19. The first-order valence-corrected chi connectivity index (χ1v) is 9.19. The Labute approximate surface area is 146 Å². The van der Waals surface area contributed by atoms with Crippen LogP contribution >= 0.6 is 0 Å². The largest absolute Gasteiger partial charge is 0.458 e. The molecule has 0 spiro atoms. The van der Waals surface area contributed by atoms with E-state index >= 15 is 0 Å². The van der Waals surface area contributed by atoms with Crippen molar-refractivity contribution < 1.29 is 19.1 Å². The van der Waals surface area contributed by atoms with E-state index in [2.05, 4.69) is 5.32 Å². The summed E-state index contributed by atoms with van der Waals surface area (Å²) in [6.45, 7) is 10.9. The molecule has 1 N–H and O–H groups in total. The van der Waals surface area contributed by atoms with Gasteiger partial charge in [0.15, 0.2) is 0 Å². The van der Waals surface area contributed by atoms with Crippen LogP contribution in [0.2, 0.25) is 0 Å². The average molecular weight is 341 g/mol. The Morgan fingerprint density at radius 2 is 1.54 bits per heavy atom. The molecule has 140 valence electrons. The Hall–Kier alpha value is -1.26. The van der Waals surface area contributed by atoms with Crippen LogP contribution in [0, 0.1) is 5.92 Å². The molecule has 5 heteroatoms. The fourth-order valence-corrected chi connectivity index (χ4v) is 2.98. The van der Waals surface area contributed by atoms with E-state index < -0.39 is 23.3 Å². The van der Waals surface area contributed by atoms with Crippen molar-refractivity contribution in [3.63, 3.8) is 0 Å². The Kier molecular flexibility index (Phi) is 7.56. The molecule has 0 aromatic heterocycles. The molecule has 0 radical (unpaired) electrons. The molecule has 1 saturated carbocycles. The van der Waals surface area contributed by atoms with Crippen molar-refractivity contribution in [3.8, 4) is 0 Å². The van der Waals surface area contributed by atoms with E-state index in [0.29, 0.717) is 6.42 Å². The van der Waals surface area contributed by atoms with Crippen molar-refractivity contribution in [2.45, 2.75) is 104 Å². The Morgan fingerprint density at radius 1 is 1.00 bits per heavy atom. The molecule has 0 heterocycles. The summed E-state index contributed by atoms with van der Waals surface area (Å²) >= 11 is 0. The molecule has 1 aliphatic rings. The van der Waals surface area contributed by atoms with E-state index in [1.165, 1.54) is 25.7 Å².